The van der Waals surface area contributed by atoms with Crippen molar-refractivity contribution in [2.24, 2.45) is 0 Å². The van der Waals surface area contributed by atoms with E-state index in [0.717, 1.165) is 11.1 Å². The second-order valence-corrected chi connectivity index (χ2v) is 8.03. The number of hydrogen-bond donors (Lipinski definition) is 2. The molecule has 0 atom stereocenters. The maximum atomic E-state index is 12.7. The van der Waals surface area contributed by atoms with Crippen LogP contribution in [0.1, 0.15) is 25.0 Å². The van der Waals surface area contributed by atoms with Gasteiger partial charge in [0.15, 0.2) is 0 Å². The summed E-state index contributed by atoms with van der Waals surface area (Å²) >= 11 is 0. The normalized spacial score (nSPS) is 11.1. The highest BCUT2D eigenvalue weighted by Crippen LogP contribution is 2.27. The first-order valence-corrected chi connectivity index (χ1v) is 10.5. The fraction of sp³-hybridized carbons (Fsp3) is 0.350. The van der Waals surface area contributed by atoms with Crippen LogP contribution in [0, 0.1) is 13.8 Å². The van der Waals surface area contributed by atoms with Crippen LogP contribution >= 0.6 is 0 Å². The highest BCUT2D eigenvalue weighted by atomic mass is 32.2. The fourth-order valence-corrected chi connectivity index (χ4v) is 3.83. The lowest BCUT2D eigenvalue weighted by molar-refractivity contribution is -0.114. The predicted octanol–water partition coefficient (Wildman–Crippen LogP) is 3.02. The van der Waals surface area contributed by atoms with Crippen LogP contribution in [0.4, 0.5) is 5.69 Å². The Morgan fingerprint density at radius 1 is 1.04 bits per heavy atom. The zero-order valence-corrected chi connectivity index (χ0v) is 17.4. The van der Waals surface area contributed by atoms with Crippen molar-refractivity contribution >= 4 is 21.6 Å². The van der Waals surface area contributed by atoms with Crippen LogP contribution in [0.5, 0.6) is 11.5 Å². The monoisotopic (exact) mass is 406 g/mol. The van der Waals surface area contributed by atoms with Gasteiger partial charge in [-0.15, -0.1) is 0 Å². The molecule has 0 bridgehead atoms. The summed E-state index contributed by atoms with van der Waals surface area (Å²) in [5.41, 5.74) is 2.50. The van der Waals surface area contributed by atoms with E-state index in [1.54, 1.807) is 13.0 Å². The summed E-state index contributed by atoms with van der Waals surface area (Å²) < 4.78 is 39.1. The number of ether oxygens (including phenoxy) is 2. The second-order valence-electron chi connectivity index (χ2n) is 6.29. The number of hydrogen-bond acceptors (Lipinski definition) is 5. The van der Waals surface area contributed by atoms with E-state index in [2.05, 4.69) is 10.0 Å². The molecule has 0 unspecified atom stereocenters. The first-order valence-electron chi connectivity index (χ1n) is 8.97. The van der Waals surface area contributed by atoms with E-state index in [1.807, 2.05) is 32.0 Å². The second kappa shape index (κ2) is 9.57. The van der Waals surface area contributed by atoms with Crippen LogP contribution in [0.3, 0.4) is 0 Å². The maximum Gasteiger partial charge on any atom is 0.244 e. The van der Waals surface area contributed by atoms with E-state index in [-0.39, 0.29) is 29.7 Å². The lowest BCUT2D eigenvalue weighted by Crippen LogP contribution is -2.29. The van der Waals surface area contributed by atoms with Gasteiger partial charge >= 0.3 is 0 Å². The minimum atomic E-state index is -3.85. The maximum absolute atomic E-state index is 12.7. The van der Waals surface area contributed by atoms with E-state index in [4.69, 9.17) is 9.47 Å². The topological polar surface area (TPSA) is 93.7 Å². The highest BCUT2D eigenvalue weighted by molar-refractivity contribution is 7.89. The number of sulfonamides is 1. The lowest BCUT2D eigenvalue weighted by atomic mass is 10.1. The predicted molar refractivity (Wildman–Crippen MR) is 109 cm³/mol. The number of amides is 1. The molecule has 0 heterocycles. The molecule has 2 N–H and O–H groups in total. The quantitative estimate of drug-likeness (QED) is 0.625. The highest BCUT2D eigenvalue weighted by Gasteiger charge is 2.20. The van der Waals surface area contributed by atoms with Crippen molar-refractivity contribution in [3.8, 4) is 11.5 Å². The van der Waals surface area contributed by atoms with Crippen LogP contribution in [0.15, 0.2) is 41.3 Å². The Morgan fingerprint density at radius 2 is 1.75 bits per heavy atom. The lowest BCUT2D eigenvalue weighted by Gasteiger charge is -2.14. The van der Waals surface area contributed by atoms with Crippen molar-refractivity contribution in [1.29, 1.82) is 0 Å². The number of anilines is 1. The van der Waals surface area contributed by atoms with Gasteiger partial charge in [-0.25, -0.2) is 13.1 Å². The number of nitrogens with one attached hydrogen (secondary N) is 2. The van der Waals surface area contributed by atoms with Crippen molar-refractivity contribution in [3.05, 3.63) is 47.5 Å². The van der Waals surface area contributed by atoms with E-state index in [9.17, 15) is 13.2 Å². The smallest absolute Gasteiger partial charge is 0.244 e. The van der Waals surface area contributed by atoms with Crippen molar-refractivity contribution < 1.29 is 22.7 Å². The molecule has 2 rings (SSSR count). The SMILES string of the molecule is CCOc1ccc(NC(C)=O)cc1S(=O)(=O)NCCOc1ccc(C)cc1C. The Morgan fingerprint density at radius 3 is 2.39 bits per heavy atom. The van der Waals surface area contributed by atoms with Gasteiger partial charge in [0, 0.05) is 19.2 Å². The Hall–Kier alpha value is -2.58. The summed E-state index contributed by atoms with van der Waals surface area (Å²) in [5.74, 6) is 0.647. The van der Waals surface area contributed by atoms with Gasteiger partial charge in [-0.2, -0.15) is 0 Å². The van der Waals surface area contributed by atoms with E-state index < -0.39 is 10.0 Å². The molecule has 7 nitrogen and oxygen atoms in total. The van der Waals surface area contributed by atoms with Crippen LogP contribution in [-0.4, -0.2) is 34.1 Å². The molecular formula is C20H26N2O5S. The third-order valence-electron chi connectivity index (χ3n) is 3.84. The molecule has 0 aliphatic heterocycles. The van der Waals surface area contributed by atoms with Crippen molar-refractivity contribution in [3.63, 3.8) is 0 Å². The zero-order valence-electron chi connectivity index (χ0n) is 16.5. The molecule has 0 saturated carbocycles. The van der Waals surface area contributed by atoms with Gasteiger partial charge in [0.2, 0.25) is 15.9 Å². The van der Waals surface area contributed by atoms with Gasteiger partial charge in [-0.1, -0.05) is 17.7 Å². The van der Waals surface area contributed by atoms with Gasteiger partial charge < -0.3 is 14.8 Å². The molecule has 0 aliphatic rings. The van der Waals surface area contributed by atoms with Crippen LogP contribution < -0.4 is 19.5 Å². The molecule has 2 aromatic rings. The molecule has 152 valence electrons. The summed E-state index contributed by atoms with van der Waals surface area (Å²) in [4.78, 5) is 11.2. The molecule has 2 aromatic carbocycles. The molecule has 28 heavy (non-hydrogen) atoms. The third-order valence-corrected chi connectivity index (χ3v) is 5.32. The average Bonchev–Trinajstić information content (AvgIpc) is 2.61. The first kappa shape index (κ1) is 21.7. The molecule has 0 aromatic heterocycles. The van der Waals surface area contributed by atoms with E-state index >= 15 is 0 Å². The molecule has 0 saturated heterocycles. The summed E-state index contributed by atoms with van der Waals surface area (Å²) in [5, 5.41) is 2.57. The Labute approximate surface area is 166 Å². The van der Waals surface area contributed by atoms with Gasteiger partial charge in [0.1, 0.15) is 23.0 Å². The average molecular weight is 407 g/mol. The van der Waals surface area contributed by atoms with Crippen LogP contribution in [-0.2, 0) is 14.8 Å². The number of carbonyl (C=O) groups excluding carboxylic acids is 1. The van der Waals surface area contributed by atoms with Crippen molar-refractivity contribution in [2.45, 2.75) is 32.6 Å². The fourth-order valence-electron chi connectivity index (χ4n) is 2.65. The van der Waals surface area contributed by atoms with Crippen molar-refractivity contribution in [2.75, 3.05) is 25.1 Å². The number of carbonyl (C=O) groups is 1. The number of benzene rings is 2. The van der Waals surface area contributed by atoms with Crippen LogP contribution in [0.2, 0.25) is 0 Å². The van der Waals surface area contributed by atoms with E-state index in [1.165, 1.54) is 19.1 Å². The van der Waals surface area contributed by atoms with Crippen molar-refractivity contribution in [1.82, 2.24) is 4.72 Å². The summed E-state index contributed by atoms with van der Waals surface area (Å²) in [6.45, 7) is 7.64. The molecule has 0 spiro atoms. The molecule has 0 fully saturated rings. The molecule has 8 heteroatoms. The Balaban J connectivity index is 2.08. The Kier molecular flexibility index (Phi) is 7.42. The van der Waals surface area contributed by atoms with E-state index in [0.29, 0.717) is 18.0 Å². The minimum absolute atomic E-state index is 0.0351. The minimum Gasteiger partial charge on any atom is -0.492 e. The van der Waals surface area contributed by atoms with Gasteiger partial charge in [0.25, 0.3) is 0 Å². The first-order chi connectivity index (χ1) is 13.2. The standard InChI is InChI=1S/C20H26N2O5S/c1-5-26-19-9-7-17(22-16(4)23)13-20(19)28(24,25)21-10-11-27-18-8-6-14(2)12-15(18)3/h6-9,12-13,21H,5,10-11H2,1-4H3,(H,22,23). The molecule has 0 aliphatic carbocycles. The molecule has 0 radical (unpaired) electrons. The molecular weight excluding hydrogens is 380 g/mol. The zero-order chi connectivity index (χ0) is 20.7. The number of rotatable bonds is 9. The van der Waals surface area contributed by atoms with Gasteiger partial charge in [-0.3, -0.25) is 4.79 Å². The van der Waals surface area contributed by atoms with Gasteiger partial charge in [0.05, 0.1) is 6.61 Å². The third kappa shape index (κ3) is 5.97. The van der Waals surface area contributed by atoms with Crippen LogP contribution in [0.25, 0.3) is 0 Å². The summed E-state index contributed by atoms with van der Waals surface area (Å²) in [7, 11) is -3.85. The largest absolute Gasteiger partial charge is 0.492 e. The molecule has 1 amide bonds. The summed E-state index contributed by atoms with van der Waals surface area (Å²) in [6.07, 6.45) is 0. The number of aryl methyl sites for hydroxylation is 2. The summed E-state index contributed by atoms with van der Waals surface area (Å²) in [6, 6.07) is 10.3. The Bertz CT molecular complexity index is 942. The van der Waals surface area contributed by atoms with Gasteiger partial charge in [-0.05, 0) is 50.6 Å².